The van der Waals surface area contributed by atoms with E-state index in [1.807, 2.05) is 6.07 Å². The molecule has 0 radical (unpaired) electrons. The van der Waals surface area contributed by atoms with Crippen molar-refractivity contribution in [2.45, 2.75) is 0 Å². The van der Waals surface area contributed by atoms with Crippen LogP contribution < -0.4 is 0 Å². The predicted molar refractivity (Wildman–Crippen MR) is 131 cm³/mol. The van der Waals surface area contributed by atoms with Crippen molar-refractivity contribution in [1.82, 2.24) is 14.8 Å². The lowest BCUT2D eigenvalue weighted by Crippen LogP contribution is -2.50. The number of benzene rings is 3. The Morgan fingerprint density at radius 3 is 2.14 bits per heavy atom. The summed E-state index contributed by atoms with van der Waals surface area (Å²) in [5.74, 6) is 0.226. The zero-order valence-electron chi connectivity index (χ0n) is 18.7. The molecular formula is C27H21ClFN3O3. The maximum atomic E-state index is 13.4. The lowest BCUT2D eigenvalue weighted by Gasteiger charge is -2.35. The van der Waals surface area contributed by atoms with Gasteiger partial charge < -0.3 is 14.2 Å². The van der Waals surface area contributed by atoms with Crippen LogP contribution in [0.25, 0.3) is 22.8 Å². The molecule has 0 aliphatic carbocycles. The van der Waals surface area contributed by atoms with Gasteiger partial charge in [-0.25, -0.2) is 9.37 Å². The van der Waals surface area contributed by atoms with Crippen molar-refractivity contribution in [3.8, 4) is 22.8 Å². The van der Waals surface area contributed by atoms with E-state index in [0.717, 1.165) is 0 Å². The molecule has 1 fully saturated rings. The molecular weight excluding hydrogens is 469 g/mol. The number of nitrogens with zero attached hydrogens (tertiary/aromatic N) is 3. The number of carbonyl (C=O) groups excluding carboxylic acids is 2. The fraction of sp³-hybridized carbons (Fsp3) is 0.148. The summed E-state index contributed by atoms with van der Waals surface area (Å²) in [4.78, 5) is 34.0. The molecule has 5 rings (SSSR count). The first-order valence-electron chi connectivity index (χ1n) is 11.1. The van der Waals surface area contributed by atoms with Gasteiger partial charge in [-0.3, -0.25) is 9.59 Å². The second-order valence-electron chi connectivity index (χ2n) is 8.17. The van der Waals surface area contributed by atoms with Crippen LogP contribution in [0.1, 0.15) is 20.7 Å². The Kier molecular flexibility index (Phi) is 6.33. The molecule has 1 saturated heterocycles. The zero-order chi connectivity index (χ0) is 24.4. The Morgan fingerprint density at radius 2 is 1.46 bits per heavy atom. The van der Waals surface area contributed by atoms with Gasteiger partial charge in [0.25, 0.3) is 11.8 Å². The molecule has 176 valence electrons. The van der Waals surface area contributed by atoms with Crippen LogP contribution in [-0.4, -0.2) is 52.8 Å². The largest absolute Gasteiger partial charge is 0.436 e. The molecule has 1 aliphatic heterocycles. The van der Waals surface area contributed by atoms with E-state index in [-0.39, 0.29) is 17.6 Å². The third-order valence-corrected chi connectivity index (χ3v) is 6.22. The Morgan fingerprint density at radius 1 is 0.829 bits per heavy atom. The molecule has 0 saturated carbocycles. The zero-order valence-corrected chi connectivity index (χ0v) is 19.4. The van der Waals surface area contributed by atoms with Crippen molar-refractivity contribution >= 4 is 23.4 Å². The lowest BCUT2D eigenvalue weighted by atomic mass is 10.1. The first-order valence-corrected chi connectivity index (χ1v) is 11.5. The SMILES string of the molecule is O=C(c1ccc(Cl)cc1)N1CCN(C(=O)c2ccccc2-c2ncc(-c3ccc(F)cc3)o2)CC1. The van der Waals surface area contributed by atoms with Crippen LogP contribution in [0.4, 0.5) is 4.39 Å². The summed E-state index contributed by atoms with van der Waals surface area (Å²) in [6.07, 6.45) is 1.56. The van der Waals surface area contributed by atoms with Gasteiger partial charge in [0.2, 0.25) is 5.89 Å². The smallest absolute Gasteiger partial charge is 0.254 e. The van der Waals surface area contributed by atoms with Crippen molar-refractivity contribution < 1.29 is 18.4 Å². The summed E-state index contributed by atoms with van der Waals surface area (Å²) in [5, 5.41) is 0.575. The summed E-state index contributed by atoms with van der Waals surface area (Å²) in [6.45, 7) is 1.70. The number of piperazine rings is 1. The van der Waals surface area contributed by atoms with Crippen molar-refractivity contribution in [2.24, 2.45) is 0 Å². The lowest BCUT2D eigenvalue weighted by molar-refractivity contribution is 0.0536. The molecule has 0 spiro atoms. The van der Waals surface area contributed by atoms with Crippen molar-refractivity contribution in [3.63, 3.8) is 0 Å². The standard InChI is InChI=1S/C27H21ClFN3O3/c28-20-9-5-19(6-10-20)26(33)31-13-15-32(16-14-31)27(34)23-4-2-1-3-22(23)25-30-17-24(35-25)18-7-11-21(29)12-8-18/h1-12,17H,13-16H2. The highest BCUT2D eigenvalue weighted by Crippen LogP contribution is 2.29. The Hall–Kier alpha value is -3.97. The van der Waals surface area contributed by atoms with Gasteiger partial charge in [0, 0.05) is 47.9 Å². The van der Waals surface area contributed by atoms with Gasteiger partial charge in [-0.1, -0.05) is 23.7 Å². The average molecular weight is 490 g/mol. The maximum Gasteiger partial charge on any atom is 0.254 e. The molecule has 0 atom stereocenters. The van der Waals surface area contributed by atoms with E-state index >= 15 is 0 Å². The van der Waals surface area contributed by atoms with E-state index in [2.05, 4.69) is 4.98 Å². The van der Waals surface area contributed by atoms with Crippen LogP contribution in [-0.2, 0) is 0 Å². The van der Waals surface area contributed by atoms with Crippen LogP contribution in [0.5, 0.6) is 0 Å². The van der Waals surface area contributed by atoms with Crippen LogP contribution in [0.3, 0.4) is 0 Å². The molecule has 2 heterocycles. The van der Waals surface area contributed by atoms with Gasteiger partial charge in [-0.05, 0) is 60.7 Å². The molecule has 1 aliphatic rings. The molecule has 0 bridgehead atoms. The summed E-state index contributed by atoms with van der Waals surface area (Å²) in [7, 11) is 0. The van der Waals surface area contributed by atoms with E-state index in [9.17, 15) is 14.0 Å². The highest BCUT2D eigenvalue weighted by molar-refractivity contribution is 6.30. The average Bonchev–Trinajstić information content (AvgIpc) is 3.39. The molecule has 2 amide bonds. The highest BCUT2D eigenvalue weighted by atomic mass is 35.5. The van der Waals surface area contributed by atoms with Gasteiger partial charge in [-0.15, -0.1) is 0 Å². The number of oxazole rings is 1. The topological polar surface area (TPSA) is 66.7 Å². The number of hydrogen-bond acceptors (Lipinski definition) is 4. The minimum atomic E-state index is -0.334. The molecule has 3 aromatic carbocycles. The van der Waals surface area contributed by atoms with Gasteiger partial charge in [0.05, 0.1) is 11.8 Å². The Bertz CT molecular complexity index is 1360. The Balaban J connectivity index is 1.30. The minimum absolute atomic E-state index is 0.0812. The van der Waals surface area contributed by atoms with Crippen molar-refractivity contribution in [2.75, 3.05) is 26.2 Å². The van der Waals surface area contributed by atoms with E-state index in [1.165, 1.54) is 12.1 Å². The fourth-order valence-corrected chi connectivity index (χ4v) is 4.19. The second-order valence-corrected chi connectivity index (χ2v) is 8.61. The van der Waals surface area contributed by atoms with Gasteiger partial charge in [-0.2, -0.15) is 0 Å². The number of amides is 2. The number of halogens is 2. The van der Waals surface area contributed by atoms with Crippen molar-refractivity contribution in [3.05, 3.63) is 101 Å². The first-order chi connectivity index (χ1) is 17.0. The normalized spacial score (nSPS) is 13.7. The Labute approximate surface area is 206 Å². The number of hydrogen-bond donors (Lipinski definition) is 0. The molecule has 0 unspecified atom stereocenters. The maximum absolute atomic E-state index is 13.4. The first kappa shape index (κ1) is 22.8. The molecule has 35 heavy (non-hydrogen) atoms. The summed E-state index contributed by atoms with van der Waals surface area (Å²) in [6, 6.07) is 19.9. The predicted octanol–water partition coefficient (Wildman–Crippen LogP) is 5.40. The molecule has 6 nitrogen and oxygen atoms in total. The van der Waals surface area contributed by atoms with Crippen molar-refractivity contribution in [1.29, 1.82) is 0 Å². The number of aromatic nitrogens is 1. The van der Waals surface area contributed by atoms with E-state index < -0.39 is 0 Å². The fourth-order valence-electron chi connectivity index (χ4n) is 4.06. The summed E-state index contributed by atoms with van der Waals surface area (Å²) < 4.78 is 19.2. The molecule has 8 heteroatoms. The third kappa shape index (κ3) is 4.81. The van der Waals surface area contributed by atoms with Crippen LogP contribution in [0.2, 0.25) is 5.02 Å². The number of carbonyl (C=O) groups is 2. The van der Waals surface area contributed by atoms with Gasteiger partial charge in [0.1, 0.15) is 5.82 Å². The van der Waals surface area contributed by atoms with Gasteiger partial charge >= 0.3 is 0 Å². The molecule has 4 aromatic rings. The van der Waals surface area contributed by atoms with Gasteiger partial charge in [0.15, 0.2) is 5.76 Å². The summed E-state index contributed by atoms with van der Waals surface area (Å²) in [5.41, 5.74) is 2.30. The van der Waals surface area contributed by atoms with E-state index in [0.29, 0.717) is 65.1 Å². The van der Waals surface area contributed by atoms with E-state index in [4.69, 9.17) is 16.0 Å². The number of rotatable bonds is 4. The second kappa shape index (κ2) is 9.72. The van der Waals surface area contributed by atoms with Crippen LogP contribution >= 0.6 is 11.6 Å². The minimum Gasteiger partial charge on any atom is -0.436 e. The monoisotopic (exact) mass is 489 g/mol. The van der Waals surface area contributed by atoms with Crippen LogP contribution in [0.15, 0.2) is 83.4 Å². The molecule has 0 N–H and O–H groups in total. The van der Waals surface area contributed by atoms with Crippen LogP contribution in [0, 0.1) is 5.82 Å². The quantitative estimate of drug-likeness (QED) is 0.385. The highest BCUT2D eigenvalue weighted by Gasteiger charge is 2.27. The van der Waals surface area contributed by atoms with E-state index in [1.54, 1.807) is 70.6 Å². The summed E-state index contributed by atoms with van der Waals surface area (Å²) >= 11 is 5.92. The third-order valence-electron chi connectivity index (χ3n) is 5.97. The molecule has 1 aromatic heterocycles.